The molecule has 0 N–H and O–H groups in total. The summed E-state index contributed by atoms with van der Waals surface area (Å²) in [6.45, 7) is 1.69. The maximum Gasteiger partial charge on any atom is 0.316 e. The second-order valence-corrected chi connectivity index (χ2v) is 3.88. The number of allylic oxidation sites excluding steroid dienone is 1. The van der Waals surface area contributed by atoms with E-state index in [-0.39, 0.29) is 18.2 Å². The van der Waals surface area contributed by atoms with Gasteiger partial charge in [0.25, 0.3) is 0 Å². The molecule has 1 aliphatic carbocycles. The van der Waals surface area contributed by atoms with Crippen LogP contribution in [0.2, 0.25) is 0 Å². The molecule has 0 amide bonds. The lowest BCUT2D eigenvalue weighted by atomic mass is 10.1. The van der Waals surface area contributed by atoms with Crippen molar-refractivity contribution in [1.82, 2.24) is 0 Å². The number of ketones is 2. The molecule has 1 unspecified atom stereocenters. The molecule has 1 fully saturated rings. The molecule has 0 aromatic heterocycles. The van der Waals surface area contributed by atoms with Crippen molar-refractivity contribution in [3.05, 3.63) is 12.2 Å². The van der Waals surface area contributed by atoms with E-state index in [1.165, 1.54) is 13.0 Å². The van der Waals surface area contributed by atoms with Gasteiger partial charge >= 0.3 is 5.97 Å². The van der Waals surface area contributed by atoms with Crippen LogP contribution in [0.4, 0.5) is 0 Å². The molecule has 0 aliphatic heterocycles. The maximum atomic E-state index is 11.4. The monoisotopic (exact) mass is 224 g/mol. The number of rotatable bonds is 5. The molecule has 1 aliphatic rings. The number of carbonyl (C=O) groups excluding carboxylic acids is 3. The summed E-state index contributed by atoms with van der Waals surface area (Å²) in [5.41, 5.74) is 0. The fourth-order valence-corrected chi connectivity index (χ4v) is 1.64. The zero-order chi connectivity index (χ0) is 12.0. The van der Waals surface area contributed by atoms with Crippen molar-refractivity contribution in [2.75, 3.05) is 6.61 Å². The highest BCUT2D eigenvalue weighted by Crippen LogP contribution is 2.22. The van der Waals surface area contributed by atoms with E-state index >= 15 is 0 Å². The molecule has 1 atom stereocenters. The Morgan fingerprint density at radius 1 is 1.50 bits per heavy atom. The lowest BCUT2D eigenvalue weighted by Crippen LogP contribution is -2.21. The first kappa shape index (κ1) is 12.6. The molecule has 0 heterocycles. The van der Waals surface area contributed by atoms with Gasteiger partial charge in [0.1, 0.15) is 11.7 Å². The van der Waals surface area contributed by atoms with E-state index in [0.717, 1.165) is 6.42 Å². The van der Waals surface area contributed by atoms with Crippen molar-refractivity contribution in [3.63, 3.8) is 0 Å². The largest absolute Gasteiger partial charge is 0.465 e. The first-order valence-corrected chi connectivity index (χ1v) is 5.47. The molecule has 88 valence electrons. The Morgan fingerprint density at radius 3 is 2.81 bits per heavy atom. The smallest absolute Gasteiger partial charge is 0.316 e. The molecule has 4 heteroatoms. The van der Waals surface area contributed by atoms with Crippen LogP contribution in [0.1, 0.15) is 32.6 Å². The van der Waals surface area contributed by atoms with Crippen molar-refractivity contribution >= 4 is 17.5 Å². The summed E-state index contributed by atoms with van der Waals surface area (Å²) in [5.74, 6) is -1.00. The molecule has 16 heavy (non-hydrogen) atoms. The molecule has 1 saturated carbocycles. The predicted octanol–water partition coefficient (Wildman–Crippen LogP) is 1.43. The standard InChI is InChI=1S/C12H16O4/c1-9(13)5-2-3-8-16-12(15)10-6-4-7-11(10)14/h2,5,10H,3-4,6-8H2,1H3/b5-2+. The average molecular weight is 224 g/mol. The average Bonchev–Trinajstić information content (AvgIpc) is 2.63. The van der Waals surface area contributed by atoms with Crippen LogP contribution < -0.4 is 0 Å². The number of ether oxygens (including phenoxy) is 1. The van der Waals surface area contributed by atoms with E-state index in [1.54, 1.807) is 6.08 Å². The third kappa shape index (κ3) is 3.96. The lowest BCUT2D eigenvalue weighted by Gasteiger charge is -2.07. The summed E-state index contributed by atoms with van der Waals surface area (Å²) >= 11 is 0. The van der Waals surface area contributed by atoms with E-state index in [2.05, 4.69) is 0 Å². The molecule has 0 radical (unpaired) electrons. The summed E-state index contributed by atoms with van der Waals surface area (Å²) in [4.78, 5) is 33.2. The van der Waals surface area contributed by atoms with Crippen LogP contribution in [0, 0.1) is 5.92 Å². The van der Waals surface area contributed by atoms with Crippen molar-refractivity contribution in [2.45, 2.75) is 32.6 Å². The zero-order valence-electron chi connectivity index (χ0n) is 9.40. The van der Waals surface area contributed by atoms with E-state index in [1.807, 2.05) is 0 Å². The number of hydrogen-bond acceptors (Lipinski definition) is 4. The van der Waals surface area contributed by atoms with Crippen molar-refractivity contribution in [1.29, 1.82) is 0 Å². The van der Waals surface area contributed by atoms with Gasteiger partial charge in [-0.1, -0.05) is 6.08 Å². The van der Waals surface area contributed by atoms with Crippen LogP contribution in [0.5, 0.6) is 0 Å². The van der Waals surface area contributed by atoms with Gasteiger partial charge in [-0.2, -0.15) is 0 Å². The molecule has 4 nitrogen and oxygen atoms in total. The fourth-order valence-electron chi connectivity index (χ4n) is 1.64. The normalized spacial score (nSPS) is 20.3. The zero-order valence-corrected chi connectivity index (χ0v) is 9.40. The lowest BCUT2D eigenvalue weighted by molar-refractivity contribution is -0.150. The van der Waals surface area contributed by atoms with Gasteiger partial charge in [0.05, 0.1) is 6.61 Å². The minimum absolute atomic E-state index is 0.00993. The molecule has 0 saturated heterocycles. The summed E-state index contributed by atoms with van der Waals surface area (Å²) in [6.07, 6.45) is 5.49. The van der Waals surface area contributed by atoms with E-state index in [0.29, 0.717) is 19.3 Å². The molecule has 0 aromatic rings. The summed E-state index contributed by atoms with van der Waals surface area (Å²) in [5, 5.41) is 0. The number of Topliss-reactive ketones (excluding diaryl/α,β-unsaturated/α-hetero) is 1. The van der Waals surface area contributed by atoms with Crippen molar-refractivity contribution in [3.8, 4) is 0 Å². The molecule has 1 rings (SSSR count). The van der Waals surface area contributed by atoms with Gasteiger partial charge in [-0.3, -0.25) is 14.4 Å². The molecule has 0 spiro atoms. The van der Waals surface area contributed by atoms with Gasteiger partial charge in [-0.25, -0.2) is 0 Å². The van der Waals surface area contributed by atoms with E-state index < -0.39 is 11.9 Å². The topological polar surface area (TPSA) is 60.4 Å². The Morgan fingerprint density at radius 2 is 2.25 bits per heavy atom. The fraction of sp³-hybridized carbons (Fsp3) is 0.583. The van der Waals surface area contributed by atoms with Crippen LogP contribution >= 0.6 is 0 Å². The number of hydrogen-bond donors (Lipinski definition) is 0. The summed E-state index contributed by atoms with van der Waals surface area (Å²) in [6, 6.07) is 0. The van der Waals surface area contributed by atoms with Gasteiger partial charge in [0, 0.05) is 6.42 Å². The summed E-state index contributed by atoms with van der Waals surface area (Å²) < 4.78 is 4.96. The second kappa shape index (κ2) is 6.20. The number of esters is 1. The third-order valence-corrected chi connectivity index (χ3v) is 2.47. The van der Waals surface area contributed by atoms with Crippen LogP contribution in [-0.2, 0) is 19.1 Å². The van der Waals surface area contributed by atoms with Crippen LogP contribution in [0.3, 0.4) is 0 Å². The quantitative estimate of drug-likeness (QED) is 0.307. The Balaban J connectivity index is 2.20. The van der Waals surface area contributed by atoms with Crippen molar-refractivity contribution < 1.29 is 19.1 Å². The Bertz CT molecular complexity index is 317. The van der Waals surface area contributed by atoms with Gasteiger partial charge < -0.3 is 4.74 Å². The van der Waals surface area contributed by atoms with Gasteiger partial charge in [0.15, 0.2) is 5.78 Å². The molecule has 0 aromatic carbocycles. The highest BCUT2D eigenvalue weighted by Gasteiger charge is 2.31. The molecular formula is C12H16O4. The third-order valence-electron chi connectivity index (χ3n) is 2.47. The van der Waals surface area contributed by atoms with Gasteiger partial charge in [0.2, 0.25) is 0 Å². The summed E-state index contributed by atoms with van der Waals surface area (Å²) in [7, 11) is 0. The maximum absolute atomic E-state index is 11.4. The minimum Gasteiger partial charge on any atom is -0.465 e. The van der Waals surface area contributed by atoms with Crippen LogP contribution in [0.25, 0.3) is 0 Å². The van der Waals surface area contributed by atoms with E-state index in [9.17, 15) is 14.4 Å². The highest BCUT2D eigenvalue weighted by atomic mass is 16.5. The number of carbonyl (C=O) groups is 3. The minimum atomic E-state index is -0.545. The van der Waals surface area contributed by atoms with Gasteiger partial charge in [-0.15, -0.1) is 0 Å². The molecule has 0 bridgehead atoms. The Labute approximate surface area is 94.7 Å². The Hall–Kier alpha value is -1.45. The van der Waals surface area contributed by atoms with Crippen LogP contribution in [-0.4, -0.2) is 24.1 Å². The second-order valence-electron chi connectivity index (χ2n) is 3.88. The first-order valence-electron chi connectivity index (χ1n) is 5.47. The van der Waals surface area contributed by atoms with E-state index in [4.69, 9.17) is 4.74 Å². The van der Waals surface area contributed by atoms with Crippen molar-refractivity contribution in [2.24, 2.45) is 5.92 Å². The first-order chi connectivity index (χ1) is 7.61. The predicted molar refractivity (Wildman–Crippen MR) is 57.7 cm³/mol. The Kier molecular flexibility index (Phi) is 4.89. The molecular weight excluding hydrogens is 208 g/mol. The highest BCUT2D eigenvalue weighted by molar-refractivity contribution is 6.00. The van der Waals surface area contributed by atoms with Crippen LogP contribution in [0.15, 0.2) is 12.2 Å². The van der Waals surface area contributed by atoms with Gasteiger partial charge in [-0.05, 0) is 32.3 Å². The SMILES string of the molecule is CC(=O)/C=C/CCOC(=O)C1CCCC1=O.